The minimum absolute atomic E-state index is 0.184. The third kappa shape index (κ3) is 5.97. The van der Waals surface area contributed by atoms with Crippen LogP contribution in [-0.4, -0.2) is 49.2 Å². The van der Waals surface area contributed by atoms with Gasteiger partial charge in [0.05, 0.1) is 0 Å². The fourth-order valence-electron chi connectivity index (χ4n) is 5.63. The van der Waals surface area contributed by atoms with E-state index in [0.717, 1.165) is 4.46 Å². The summed E-state index contributed by atoms with van der Waals surface area (Å²) in [5, 5.41) is 1.18. The Morgan fingerprint density at radius 1 is 0.976 bits per heavy atom. The monoisotopic (exact) mass is 654 g/mol. The summed E-state index contributed by atoms with van der Waals surface area (Å²) >= 11 is 0.871. The molecule has 4 aromatic rings. The molecule has 1 aliphatic rings. The van der Waals surface area contributed by atoms with E-state index in [1.165, 1.54) is 32.9 Å². The summed E-state index contributed by atoms with van der Waals surface area (Å²) in [7, 11) is -2.81. The van der Waals surface area contributed by atoms with Gasteiger partial charge in [0, 0.05) is 0 Å². The number of hydrogen-bond donors (Lipinski definition) is 1. The van der Waals surface area contributed by atoms with Crippen molar-refractivity contribution in [3.05, 3.63) is 124 Å². The molecule has 2 heterocycles. The predicted molar refractivity (Wildman–Crippen MR) is 170 cm³/mol. The molecular formula is C32H35FN2O3SSeSi. The molecule has 0 aliphatic carbocycles. The molecule has 0 bridgehead atoms. The van der Waals surface area contributed by atoms with Gasteiger partial charge in [-0.05, 0) is 0 Å². The quantitative estimate of drug-likeness (QED) is 0.291. The first-order chi connectivity index (χ1) is 19.5. The van der Waals surface area contributed by atoms with Crippen LogP contribution in [0.15, 0.2) is 107 Å². The molecular weight excluding hydrogens is 618 g/mol. The second-order valence-corrected chi connectivity index (χ2v) is 20.0. The summed E-state index contributed by atoms with van der Waals surface area (Å²) in [5.74, 6) is 0. The second kappa shape index (κ2) is 11.9. The van der Waals surface area contributed by atoms with Gasteiger partial charge in [-0.15, -0.1) is 0 Å². The molecule has 9 heteroatoms. The number of hydrogen-bond acceptors (Lipinski definition) is 4. The molecule has 0 unspecified atom stereocenters. The second-order valence-electron chi connectivity index (χ2n) is 11.5. The van der Waals surface area contributed by atoms with Crippen LogP contribution in [0.25, 0.3) is 0 Å². The molecule has 1 saturated heterocycles. The topological polar surface area (TPSA) is 64.1 Å². The van der Waals surface area contributed by atoms with E-state index < -0.39 is 44.5 Å². The number of nitrogens with one attached hydrogen (secondary N) is 1. The Morgan fingerprint density at radius 2 is 1.51 bits per heavy atom. The molecule has 1 N–H and O–H groups in total. The molecule has 0 radical (unpaired) electrons. The van der Waals surface area contributed by atoms with Crippen molar-refractivity contribution < 1.29 is 8.82 Å². The number of alkyl halides is 1. The van der Waals surface area contributed by atoms with Crippen molar-refractivity contribution in [3.63, 3.8) is 0 Å². The first-order valence-electron chi connectivity index (χ1n) is 13.7. The molecule has 0 amide bonds. The minimum atomic E-state index is -2.81. The van der Waals surface area contributed by atoms with E-state index in [1.807, 2.05) is 42.5 Å². The van der Waals surface area contributed by atoms with Crippen LogP contribution in [0.1, 0.15) is 38.1 Å². The van der Waals surface area contributed by atoms with Gasteiger partial charge in [0.25, 0.3) is 0 Å². The molecule has 5 nitrogen and oxygen atoms in total. The van der Waals surface area contributed by atoms with Crippen molar-refractivity contribution >= 4 is 49.9 Å². The van der Waals surface area contributed by atoms with E-state index >= 15 is 4.39 Å². The maximum atomic E-state index is 17.2. The van der Waals surface area contributed by atoms with Crippen LogP contribution in [0.5, 0.6) is 0 Å². The summed E-state index contributed by atoms with van der Waals surface area (Å²) in [6.07, 6.45) is 1.75. The zero-order chi connectivity index (χ0) is 29.3. The Bertz CT molecular complexity index is 1560. The van der Waals surface area contributed by atoms with Crippen LogP contribution in [-0.2, 0) is 4.43 Å². The van der Waals surface area contributed by atoms with E-state index in [4.69, 9.17) is 4.43 Å². The number of aromatic nitrogens is 2. The van der Waals surface area contributed by atoms with Crippen LogP contribution in [0.4, 0.5) is 4.39 Å². The van der Waals surface area contributed by atoms with Crippen LogP contribution < -0.4 is 26.1 Å². The summed E-state index contributed by atoms with van der Waals surface area (Å²) in [5.41, 5.74) is -0.650. The van der Waals surface area contributed by atoms with E-state index in [1.54, 1.807) is 6.92 Å². The van der Waals surface area contributed by atoms with Crippen molar-refractivity contribution in [1.82, 2.24) is 9.55 Å². The van der Waals surface area contributed by atoms with Crippen molar-refractivity contribution in [1.29, 1.82) is 0 Å². The van der Waals surface area contributed by atoms with Gasteiger partial charge in [0.2, 0.25) is 0 Å². The number of H-pyrrole nitrogens is 1. The van der Waals surface area contributed by atoms with E-state index in [0.29, 0.717) is 12.2 Å². The normalized spacial score (nSPS) is 21.2. The number of halogens is 1. The third-order valence-electron chi connectivity index (χ3n) is 7.53. The van der Waals surface area contributed by atoms with Gasteiger partial charge < -0.3 is 0 Å². The third-order valence-corrected chi connectivity index (χ3v) is 17.0. The van der Waals surface area contributed by atoms with Crippen molar-refractivity contribution in [2.24, 2.45) is 0 Å². The van der Waals surface area contributed by atoms with Crippen LogP contribution in [0.3, 0.4) is 0 Å². The standard InChI is InChI=1S/C32H35FN2O3SSeSi/c1-23-21-35(30(37)34-28(23)36)29-32(33,40-25-14-8-5-9-15-25)20-24(39-29)22-38-41(31(2,3)4,26-16-10-6-11-17-26)27-18-12-7-13-19-27/h5-19,21,24,29H,20,22H2,1-4H3,(H,34,36,37)/t24-,29+,32+/m1/s1. The zero-order valence-corrected chi connectivity index (χ0v) is 27.2. The van der Waals surface area contributed by atoms with Crippen LogP contribution >= 0.6 is 11.8 Å². The average molecular weight is 654 g/mol. The Hall–Kier alpha value is -2.68. The molecule has 214 valence electrons. The molecule has 1 fully saturated rings. The predicted octanol–water partition coefficient (Wildman–Crippen LogP) is 4.12. The molecule has 1 aromatic heterocycles. The first kappa shape index (κ1) is 29.8. The Morgan fingerprint density at radius 3 is 2.05 bits per heavy atom. The number of aromatic amines is 1. The zero-order valence-electron chi connectivity index (χ0n) is 23.7. The molecule has 5 rings (SSSR count). The molecule has 41 heavy (non-hydrogen) atoms. The van der Waals surface area contributed by atoms with Gasteiger partial charge in [0.15, 0.2) is 0 Å². The number of thioether (sulfide) groups is 1. The van der Waals surface area contributed by atoms with Crippen molar-refractivity contribution in [3.8, 4) is 0 Å². The Kier molecular flexibility index (Phi) is 8.65. The van der Waals surface area contributed by atoms with Gasteiger partial charge in [-0.25, -0.2) is 0 Å². The van der Waals surface area contributed by atoms with Crippen LogP contribution in [0, 0.1) is 6.92 Å². The Labute approximate surface area is 251 Å². The average Bonchev–Trinajstić information content (AvgIpc) is 3.27. The summed E-state index contributed by atoms with van der Waals surface area (Å²) in [6.45, 7) is 8.67. The fourth-order valence-corrected chi connectivity index (χ4v) is 15.1. The summed E-state index contributed by atoms with van der Waals surface area (Å²) < 4.78 is 25.0. The molecule has 3 atom stereocenters. The first-order valence-corrected chi connectivity index (χ1v) is 18.3. The molecule has 0 spiro atoms. The number of rotatable bonds is 8. The fraction of sp³-hybridized carbons (Fsp3) is 0.312. The number of nitrogens with zero attached hydrogens (tertiary/aromatic N) is 1. The van der Waals surface area contributed by atoms with Gasteiger partial charge in [-0.2, -0.15) is 0 Å². The van der Waals surface area contributed by atoms with Gasteiger partial charge in [-0.3, -0.25) is 0 Å². The Balaban J connectivity index is 1.53. The van der Waals surface area contributed by atoms with E-state index in [9.17, 15) is 9.59 Å². The van der Waals surface area contributed by atoms with Gasteiger partial charge >= 0.3 is 253 Å². The van der Waals surface area contributed by atoms with Crippen LogP contribution in [0.2, 0.25) is 5.04 Å². The van der Waals surface area contributed by atoms with Gasteiger partial charge in [0.1, 0.15) is 0 Å². The number of aryl methyl sites for hydroxylation is 1. The molecule has 3 aromatic carbocycles. The number of benzene rings is 3. The van der Waals surface area contributed by atoms with Crippen molar-refractivity contribution in [2.75, 3.05) is 6.61 Å². The molecule has 1 aliphatic heterocycles. The maximum absolute atomic E-state index is 17.2. The van der Waals surface area contributed by atoms with E-state index in [2.05, 4.69) is 74.3 Å². The van der Waals surface area contributed by atoms with Gasteiger partial charge in [-0.1, -0.05) is 0 Å². The summed E-state index contributed by atoms with van der Waals surface area (Å²) in [6, 6.07) is 30.5. The van der Waals surface area contributed by atoms with Crippen molar-refractivity contribution in [2.45, 2.75) is 54.3 Å². The summed E-state index contributed by atoms with van der Waals surface area (Å²) in [4.78, 5) is 27.4. The van der Waals surface area contributed by atoms with E-state index in [-0.39, 0.29) is 16.7 Å². The molecule has 0 saturated carbocycles. The SMILES string of the molecule is Cc1cn([C@H]2S[C@@H](CO[Si](c3ccccc3)(c3ccccc3)C(C)(C)C)C[C@]2(F)[Se]c2ccccc2)c(=O)[nH]c1=O.